The van der Waals surface area contributed by atoms with Gasteiger partial charge in [-0.1, -0.05) is 0 Å². The third-order valence-electron chi connectivity index (χ3n) is 3.52. The molecule has 106 valence electrons. The molecule has 2 unspecified atom stereocenters. The quantitative estimate of drug-likeness (QED) is 0.900. The van der Waals surface area contributed by atoms with Crippen molar-refractivity contribution in [3.8, 4) is 5.88 Å². The van der Waals surface area contributed by atoms with Crippen molar-refractivity contribution < 1.29 is 4.74 Å². The molecule has 5 heteroatoms. The summed E-state index contributed by atoms with van der Waals surface area (Å²) < 4.78 is 5.62. The number of nitrogens with zero attached hydrogens (tertiary/aromatic N) is 3. The molecule has 0 saturated carbocycles. The lowest BCUT2D eigenvalue weighted by Crippen LogP contribution is -2.49. The van der Waals surface area contributed by atoms with E-state index in [-0.39, 0.29) is 6.10 Å². The van der Waals surface area contributed by atoms with E-state index < -0.39 is 0 Å². The largest absolute Gasteiger partial charge is 0.474 e. The van der Waals surface area contributed by atoms with E-state index in [4.69, 9.17) is 10.5 Å². The molecule has 1 saturated heterocycles. The van der Waals surface area contributed by atoms with Gasteiger partial charge in [0.05, 0.1) is 18.5 Å². The van der Waals surface area contributed by atoms with Crippen molar-refractivity contribution >= 4 is 5.82 Å². The molecule has 0 spiro atoms. The zero-order valence-corrected chi connectivity index (χ0v) is 12.0. The molecule has 1 fully saturated rings. The molecule has 1 aromatic rings. The number of hydrogen-bond donors (Lipinski definition) is 1. The fraction of sp³-hybridized carbons (Fsp3) is 0.714. The first-order chi connectivity index (χ1) is 9.11. The molecular weight excluding hydrogens is 240 g/mol. The van der Waals surface area contributed by atoms with Gasteiger partial charge >= 0.3 is 0 Å². The van der Waals surface area contributed by atoms with E-state index >= 15 is 0 Å². The number of anilines is 1. The lowest BCUT2D eigenvalue weighted by Gasteiger charge is -2.41. The van der Waals surface area contributed by atoms with Crippen molar-refractivity contribution in [3.63, 3.8) is 0 Å². The van der Waals surface area contributed by atoms with Crippen LogP contribution in [0.2, 0.25) is 0 Å². The average molecular weight is 264 g/mol. The van der Waals surface area contributed by atoms with Crippen molar-refractivity contribution in [2.75, 3.05) is 11.4 Å². The minimum atomic E-state index is 0.105. The minimum absolute atomic E-state index is 0.105. The second kappa shape index (κ2) is 6.19. The van der Waals surface area contributed by atoms with E-state index in [1.807, 2.05) is 13.8 Å². The topological polar surface area (TPSA) is 64.3 Å². The number of aromatic nitrogens is 2. The number of piperidine rings is 1. The summed E-state index contributed by atoms with van der Waals surface area (Å²) in [5.74, 6) is 1.46. The molecule has 2 heterocycles. The van der Waals surface area contributed by atoms with Crippen LogP contribution in [0.5, 0.6) is 5.88 Å². The van der Waals surface area contributed by atoms with E-state index in [9.17, 15) is 0 Å². The first-order valence-corrected chi connectivity index (χ1v) is 7.09. The summed E-state index contributed by atoms with van der Waals surface area (Å²) in [6.07, 6.45) is 7.10. The van der Waals surface area contributed by atoms with Gasteiger partial charge in [0.1, 0.15) is 0 Å². The molecule has 5 nitrogen and oxygen atoms in total. The second-order valence-electron chi connectivity index (χ2n) is 5.46. The van der Waals surface area contributed by atoms with Crippen LogP contribution >= 0.6 is 0 Å². The van der Waals surface area contributed by atoms with Gasteiger partial charge in [-0.25, -0.2) is 0 Å². The molecule has 19 heavy (non-hydrogen) atoms. The highest BCUT2D eigenvalue weighted by atomic mass is 16.5. The van der Waals surface area contributed by atoms with Gasteiger partial charge < -0.3 is 15.4 Å². The number of nitrogens with two attached hydrogens (primary N) is 1. The maximum absolute atomic E-state index is 5.89. The Bertz CT molecular complexity index is 410. The van der Waals surface area contributed by atoms with Crippen LogP contribution in [-0.2, 0) is 0 Å². The van der Waals surface area contributed by atoms with Gasteiger partial charge in [-0.3, -0.25) is 4.98 Å². The Balaban J connectivity index is 2.23. The highest BCUT2D eigenvalue weighted by molar-refractivity contribution is 5.41. The van der Waals surface area contributed by atoms with Crippen LogP contribution in [0.15, 0.2) is 12.4 Å². The van der Waals surface area contributed by atoms with Gasteiger partial charge in [0.25, 0.3) is 0 Å². The fourth-order valence-corrected chi connectivity index (χ4v) is 2.69. The summed E-state index contributed by atoms with van der Waals surface area (Å²) in [4.78, 5) is 11.1. The molecule has 2 atom stereocenters. The highest BCUT2D eigenvalue weighted by Crippen LogP contribution is 2.28. The van der Waals surface area contributed by atoms with Crippen LogP contribution in [0.3, 0.4) is 0 Å². The summed E-state index contributed by atoms with van der Waals surface area (Å²) in [6.45, 7) is 6.85. The van der Waals surface area contributed by atoms with Crippen LogP contribution < -0.4 is 15.4 Å². The molecule has 2 rings (SSSR count). The van der Waals surface area contributed by atoms with E-state index in [0.717, 1.165) is 12.2 Å². The van der Waals surface area contributed by atoms with Crippen molar-refractivity contribution in [1.82, 2.24) is 9.97 Å². The van der Waals surface area contributed by atoms with Gasteiger partial charge in [0.2, 0.25) is 5.88 Å². The minimum Gasteiger partial charge on any atom is -0.474 e. The Labute approximate surface area is 115 Å². The first-order valence-electron chi connectivity index (χ1n) is 7.09. The van der Waals surface area contributed by atoms with Crippen molar-refractivity contribution in [1.29, 1.82) is 0 Å². The Morgan fingerprint density at radius 2 is 2.21 bits per heavy atom. The van der Waals surface area contributed by atoms with E-state index in [1.165, 1.54) is 12.8 Å². The first kappa shape index (κ1) is 14.1. The normalized spacial score (nSPS) is 23.7. The smallest absolute Gasteiger partial charge is 0.234 e. The molecule has 0 amide bonds. The van der Waals surface area contributed by atoms with Gasteiger partial charge in [-0.15, -0.1) is 0 Å². The molecule has 0 bridgehead atoms. The lowest BCUT2D eigenvalue weighted by molar-refractivity contribution is 0.231. The lowest BCUT2D eigenvalue weighted by atomic mass is 9.96. The van der Waals surface area contributed by atoms with Crippen molar-refractivity contribution in [2.45, 2.75) is 58.2 Å². The maximum Gasteiger partial charge on any atom is 0.234 e. The van der Waals surface area contributed by atoms with E-state index in [1.54, 1.807) is 12.4 Å². The predicted molar refractivity (Wildman–Crippen MR) is 76.4 cm³/mol. The molecule has 0 radical (unpaired) electrons. The third-order valence-corrected chi connectivity index (χ3v) is 3.52. The average Bonchev–Trinajstić information content (AvgIpc) is 2.37. The number of ether oxygens (including phenoxy) is 1. The molecule has 1 aliphatic heterocycles. The number of rotatable bonds is 4. The van der Waals surface area contributed by atoms with E-state index in [2.05, 4.69) is 21.8 Å². The monoisotopic (exact) mass is 264 g/mol. The van der Waals surface area contributed by atoms with Crippen molar-refractivity contribution in [3.05, 3.63) is 12.4 Å². The zero-order chi connectivity index (χ0) is 13.8. The zero-order valence-electron chi connectivity index (χ0n) is 12.0. The Morgan fingerprint density at radius 3 is 2.89 bits per heavy atom. The summed E-state index contributed by atoms with van der Waals surface area (Å²) >= 11 is 0. The Kier molecular flexibility index (Phi) is 4.58. The van der Waals surface area contributed by atoms with Gasteiger partial charge in [-0.05, 0) is 40.0 Å². The molecule has 1 aromatic heterocycles. The maximum atomic E-state index is 5.89. The molecular formula is C14H24N4O. The van der Waals surface area contributed by atoms with Crippen LogP contribution in [0, 0.1) is 0 Å². The highest BCUT2D eigenvalue weighted by Gasteiger charge is 2.28. The van der Waals surface area contributed by atoms with Crippen LogP contribution in [0.4, 0.5) is 5.82 Å². The van der Waals surface area contributed by atoms with Crippen molar-refractivity contribution in [2.24, 2.45) is 5.73 Å². The van der Waals surface area contributed by atoms with Crippen LogP contribution in [0.1, 0.15) is 40.0 Å². The Morgan fingerprint density at radius 1 is 1.42 bits per heavy atom. The van der Waals surface area contributed by atoms with Gasteiger partial charge in [0, 0.05) is 18.6 Å². The SMILES string of the molecule is CC(C)Oc1cncc(N2C(C)CCCC2CN)n1. The van der Waals surface area contributed by atoms with Gasteiger partial charge in [0.15, 0.2) is 5.82 Å². The van der Waals surface area contributed by atoms with Crippen LogP contribution in [0.25, 0.3) is 0 Å². The summed E-state index contributed by atoms with van der Waals surface area (Å²) in [7, 11) is 0. The summed E-state index contributed by atoms with van der Waals surface area (Å²) in [5, 5.41) is 0. The molecule has 1 aliphatic rings. The van der Waals surface area contributed by atoms with Crippen LogP contribution in [-0.4, -0.2) is 34.7 Å². The number of hydrogen-bond acceptors (Lipinski definition) is 5. The van der Waals surface area contributed by atoms with Gasteiger partial charge in [-0.2, -0.15) is 4.98 Å². The Hall–Kier alpha value is -1.36. The summed E-state index contributed by atoms with van der Waals surface area (Å²) in [5.41, 5.74) is 5.89. The van der Waals surface area contributed by atoms with E-state index in [0.29, 0.717) is 24.5 Å². The fourth-order valence-electron chi connectivity index (χ4n) is 2.69. The standard InChI is InChI=1S/C14H24N4O/c1-10(2)19-14-9-16-8-13(17-14)18-11(3)5-4-6-12(18)7-15/h8-12H,4-7,15H2,1-3H3. The molecule has 2 N–H and O–H groups in total. The predicted octanol–water partition coefficient (Wildman–Crippen LogP) is 1.97. The molecule has 0 aromatic carbocycles. The summed E-state index contributed by atoms with van der Waals surface area (Å²) in [6, 6.07) is 0.804. The molecule has 0 aliphatic carbocycles. The third kappa shape index (κ3) is 3.35. The second-order valence-corrected chi connectivity index (χ2v) is 5.46.